The van der Waals surface area contributed by atoms with Crippen LogP contribution < -0.4 is 10.6 Å². The second-order valence-corrected chi connectivity index (χ2v) is 13.2. The minimum absolute atomic E-state index is 0.144. The van der Waals surface area contributed by atoms with Gasteiger partial charge in [0.25, 0.3) is 0 Å². The summed E-state index contributed by atoms with van der Waals surface area (Å²) < 4.78 is 31.3. The molecule has 0 aliphatic heterocycles. The molecular formula is C34H50N2O12. The maximum atomic E-state index is 13.0. The number of hydrogen-bond donors (Lipinski definition) is 2. The summed E-state index contributed by atoms with van der Waals surface area (Å²) in [6.07, 6.45) is -1.40. The van der Waals surface area contributed by atoms with Crippen molar-refractivity contribution in [1.82, 2.24) is 10.6 Å². The van der Waals surface area contributed by atoms with E-state index >= 15 is 0 Å². The van der Waals surface area contributed by atoms with Crippen LogP contribution in [0.2, 0.25) is 0 Å². The molecule has 0 saturated heterocycles. The largest absolute Gasteiger partial charge is 0.458 e. The number of alkyl carbamates (subject to hydrolysis) is 1. The van der Waals surface area contributed by atoms with Gasteiger partial charge < -0.3 is 39.1 Å². The third-order valence-electron chi connectivity index (χ3n) is 6.91. The van der Waals surface area contributed by atoms with Crippen molar-refractivity contribution in [3.63, 3.8) is 0 Å². The van der Waals surface area contributed by atoms with Crippen LogP contribution in [0.25, 0.3) is 0 Å². The first-order chi connectivity index (χ1) is 22.1. The molecule has 14 nitrogen and oxygen atoms in total. The highest BCUT2D eigenvalue weighted by Gasteiger charge is 2.42. The molecule has 1 aliphatic carbocycles. The maximum Gasteiger partial charge on any atom is 0.407 e. The van der Waals surface area contributed by atoms with E-state index in [1.165, 1.54) is 27.7 Å². The average molecular weight is 679 g/mol. The van der Waals surface area contributed by atoms with Crippen molar-refractivity contribution in [2.45, 2.75) is 91.5 Å². The summed E-state index contributed by atoms with van der Waals surface area (Å²) >= 11 is 0. The first kappa shape index (κ1) is 41.6. The van der Waals surface area contributed by atoms with Gasteiger partial charge in [0, 0.05) is 33.9 Å². The molecule has 1 amide bonds. The van der Waals surface area contributed by atoms with Crippen LogP contribution in [0, 0.1) is 5.41 Å². The van der Waals surface area contributed by atoms with E-state index in [1.54, 1.807) is 0 Å². The predicted molar refractivity (Wildman–Crippen MR) is 174 cm³/mol. The summed E-state index contributed by atoms with van der Waals surface area (Å²) in [7, 11) is 0. The Bertz CT molecular complexity index is 1230. The van der Waals surface area contributed by atoms with Gasteiger partial charge >= 0.3 is 35.9 Å². The van der Waals surface area contributed by atoms with Crippen LogP contribution in [0.4, 0.5) is 4.79 Å². The summed E-state index contributed by atoms with van der Waals surface area (Å²) in [5.41, 5.74) is -0.358. The number of nitrogens with one attached hydrogen (secondary N) is 2. The molecule has 0 heterocycles. The van der Waals surface area contributed by atoms with Crippen LogP contribution >= 0.6 is 0 Å². The summed E-state index contributed by atoms with van der Waals surface area (Å²) in [4.78, 5) is 73.3. The summed E-state index contributed by atoms with van der Waals surface area (Å²) in [5.74, 6) is -3.47. The molecule has 2 N–H and O–H groups in total. The van der Waals surface area contributed by atoms with Gasteiger partial charge in [0.1, 0.15) is 26.4 Å². The van der Waals surface area contributed by atoms with Gasteiger partial charge in [-0.2, -0.15) is 0 Å². The van der Waals surface area contributed by atoms with Crippen molar-refractivity contribution in [3.05, 3.63) is 48.6 Å². The molecule has 0 spiro atoms. The lowest BCUT2D eigenvalue weighted by molar-refractivity contribution is -0.164. The molecule has 2 atom stereocenters. The SMILES string of the molecule is C=C(C)C(=O)OCC(COC(=O)C(=C)C)OC(=O)CNC1(C)CC(NC(=O)OC(COC(=O)C(=C)C)COC(=O)C(=C)C)CC(C)(C)C1. The first-order valence-corrected chi connectivity index (χ1v) is 15.3. The van der Waals surface area contributed by atoms with Crippen molar-refractivity contribution < 1.29 is 57.2 Å². The van der Waals surface area contributed by atoms with E-state index in [9.17, 15) is 28.8 Å². The monoisotopic (exact) mass is 678 g/mol. The highest BCUT2D eigenvalue weighted by Crippen LogP contribution is 2.41. The van der Waals surface area contributed by atoms with E-state index in [0.717, 1.165) is 0 Å². The van der Waals surface area contributed by atoms with Crippen molar-refractivity contribution in [2.75, 3.05) is 33.0 Å². The fourth-order valence-corrected chi connectivity index (χ4v) is 4.99. The van der Waals surface area contributed by atoms with Gasteiger partial charge in [-0.3, -0.25) is 4.79 Å². The quantitative estimate of drug-likeness (QED) is 0.122. The highest BCUT2D eigenvalue weighted by molar-refractivity contribution is 5.88. The predicted octanol–water partition coefficient (Wildman–Crippen LogP) is 3.40. The first-order valence-electron chi connectivity index (χ1n) is 15.3. The molecule has 14 heteroatoms. The van der Waals surface area contributed by atoms with Crippen molar-refractivity contribution in [3.8, 4) is 0 Å². The van der Waals surface area contributed by atoms with Crippen molar-refractivity contribution in [1.29, 1.82) is 0 Å². The smallest absolute Gasteiger partial charge is 0.407 e. The molecule has 1 fully saturated rings. The highest BCUT2D eigenvalue weighted by atomic mass is 16.6. The Morgan fingerprint density at radius 1 is 0.646 bits per heavy atom. The van der Waals surface area contributed by atoms with Gasteiger partial charge in [0.05, 0.1) is 6.54 Å². The zero-order chi connectivity index (χ0) is 36.8. The number of carbonyl (C=O) groups is 6. The van der Waals surface area contributed by atoms with E-state index in [2.05, 4.69) is 36.9 Å². The Morgan fingerprint density at radius 2 is 1.02 bits per heavy atom. The van der Waals surface area contributed by atoms with Crippen LogP contribution in [0.15, 0.2) is 48.6 Å². The molecule has 0 aromatic rings. The second-order valence-electron chi connectivity index (χ2n) is 13.2. The Hall–Kier alpha value is -4.46. The zero-order valence-corrected chi connectivity index (χ0v) is 29.1. The second kappa shape index (κ2) is 18.8. The minimum Gasteiger partial charge on any atom is -0.458 e. The maximum absolute atomic E-state index is 13.0. The summed E-state index contributed by atoms with van der Waals surface area (Å²) in [6.45, 7) is 24.1. The number of rotatable bonds is 18. The van der Waals surface area contributed by atoms with Gasteiger partial charge in [0.2, 0.25) is 0 Å². The third-order valence-corrected chi connectivity index (χ3v) is 6.91. The molecular weight excluding hydrogens is 628 g/mol. The minimum atomic E-state index is -1.11. The van der Waals surface area contributed by atoms with E-state index < -0.39 is 59.7 Å². The van der Waals surface area contributed by atoms with Crippen LogP contribution in [-0.4, -0.2) is 92.7 Å². The Morgan fingerprint density at radius 3 is 1.40 bits per heavy atom. The number of ether oxygens (including phenoxy) is 6. The molecule has 2 unspecified atom stereocenters. The molecule has 1 saturated carbocycles. The molecule has 1 rings (SSSR count). The van der Waals surface area contributed by atoms with E-state index in [1.807, 2.05) is 20.8 Å². The van der Waals surface area contributed by atoms with Gasteiger partial charge in [-0.15, -0.1) is 0 Å². The van der Waals surface area contributed by atoms with Crippen LogP contribution in [0.5, 0.6) is 0 Å². The lowest BCUT2D eigenvalue weighted by Gasteiger charge is -2.47. The van der Waals surface area contributed by atoms with Crippen LogP contribution in [0.1, 0.15) is 67.7 Å². The Labute approximate surface area is 282 Å². The Kier molecular flexibility index (Phi) is 16.3. The number of amides is 1. The molecule has 48 heavy (non-hydrogen) atoms. The molecule has 0 aromatic heterocycles. The summed E-state index contributed by atoms with van der Waals surface area (Å²) in [6, 6.07) is -0.401. The average Bonchev–Trinajstić information content (AvgIpc) is 2.96. The number of carbonyl (C=O) groups excluding carboxylic acids is 6. The van der Waals surface area contributed by atoms with Crippen LogP contribution in [0.3, 0.4) is 0 Å². The standard InChI is InChI=1S/C34H50N2O12/c1-20(2)28(38)43-15-25(16-44-29(39)21(3)4)47-27(37)14-35-34(11)13-24(12-33(9,10)19-34)36-32(42)48-26(17-45-30(40)22(5)6)18-46-31(41)23(7)8/h24-26,35H,1,3,5,7,12-19H2,2,4,6,8-11H3,(H,36,42). The Balaban J connectivity index is 2.89. The summed E-state index contributed by atoms with van der Waals surface area (Å²) in [5, 5.41) is 6.04. The van der Waals surface area contributed by atoms with E-state index in [-0.39, 0.29) is 60.7 Å². The fraction of sp³-hybridized carbons (Fsp3) is 0.588. The lowest BCUT2D eigenvalue weighted by Crippen LogP contribution is -2.57. The van der Waals surface area contributed by atoms with Gasteiger partial charge in [-0.05, 0) is 59.3 Å². The lowest BCUT2D eigenvalue weighted by atomic mass is 9.67. The molecule has 0 bridgehead atoms. The molecule has 1 aliphatic rings. The van der Waals surface area contributed by atoms with Crippen molar-refractivity contribution >= 4 is 35.9 Å². The molecule has 0 aromatic carbocycles. The molecule has 0 radical (unpaired) electrons. The van der Waals surface area contributed by atoms with E-state index in [0.29, 0.717) is 19.3 Å². The topological polar surface area (TPSA) is 182 Å². The number of esters is 5. The van der Waals surface area contributed by atoms with Gasteiger partial charge in [-0.25, -0.2) is 24.0 Å². The van der Waals surface area contributed by atoms with Gasteiger partial charge in [-0.1, -0.05) is 40.2 Å². The van der Waals surface area contributed by atoms with E-state index in [4.69, 9.17) is 28.4 Å². The van der Waals surface area contributed by atoms with Crippen molar-refractivity contribution in [2.24, 2.45) is 5.41 Å². The zero-order valence-electron chi connectivity index (χ0n) is 29.1. The van der Waals surface area contributed by atoms with Gasteiger partial charge in [0.15, 0.2) is 12.2 Å². The fourth-order valence-electron chi connectivity index (χ4n) is 4.99. The third kappa shape index (κ3) is 15.9. The normalized spacial score (nSPS) is 18.1. The number of hydrogen-bond acceptors (Lipinski definition) is 13. The van der Waals surface area contributed by atoms with Crippen LogP contribution in [-0.2, 0) is 52.4 Å². The molecule has 268 valence electrons.